The van der Waals surface area contributed by atoms with Crippen LogP contribution in [0.2, 0.25) is 31.7 Å². The molecule has 0 rings (SSSR count). The Bertz CT molecular complexity index is 176. The lowest BCUT2D eigenvalue weighted by Gasteiger charge is -2.39. The Balaban J connectivity index is 4.54. The Hall–Kier alpha value is 0.354. The Kier molecular flexibility index (Phi) is 5.58. The number of nitrogens with two attached hydrogens (primary N) is 1. The van der Waals surface area contributed by atoms with E-state index in [0.717, 1.165) is 12.5 Å². The van der Waals surface area contributed by atoms with Gasteiger partial charge in [0.1, 0.15) is 0 Å². The standard InChI is InChI=1S/C10H27NOSi2/c1-7-10(11)14(6,9-3)12-13(4,5)8-2/h10H,7-9,11H2,1-6H3. The Morgan fingerprint density at radius 3 is 1.86 bits per heavy atom. The summed E-state index contributed by atoms with van der Waals surface area (Å²) in [5.74, 6) is 0. The summed E-state index contributed by atoms with van der Waals surface area (Å²) in [6, 6.07) is 2.32. The molecule has 0 aromatic heterocycles. The van der Waals surface area contributed by atoms with Gasteiger partial charge < -0.3 is 9.85 Å². The molecule has 0 aliphatic rings. The molecule has 0 aliphatic carbocycles. The van der Waals surface area contributed by atoms with E-state index in [1.165, 1.54) is 6.04 Å². The molecule has 2 nitrogen and oxygen atoms in total. The van der Waals surface area contributed by atoms with E-state index >= 15 is 0 Å². The first kappa shape index (κ1) is 14.4. The van der Waals surface area contributed by atoms with Gasteiger partial charge in [-0.05, 0) is 38.2 Å². The van der Waals surface area contributed by atoms with Gasteiger partial charge in [0.2, 0.25) is 0 Å². The maximum absolute atomic E-state index is 6.43. The summed E-state index contributed by atoms with van der Waals surface area (Å²) >= 11 is 0. The molecular weight excluding hydrogens is 206 g/mol. The quantitative estimate of drug-likeness (QED) is 0.716. The van der Waals surface area contributed by atoms with Crippen LogP contribution in [0.15, 0.2) is 0 Å². The van der Waals surface area contributed by atoms with Gasteiger partial charge in [-0.25, -0.2) is 0 Å². The lowest BCUT2D eigenvalue weighted by atomic mass is 10.5. The highest BCUT2D eigenvalue weighted by molar-refractivity contribution is 6.86. The summed E-state index contributed by atoms with van der Waals surface area (Å²) in [5.41, 5.74) is 6.48. The third-order valence-corrected chi connectivity index (χ3v) is 12.4. The van der Waals surface area contributed by atoms with E-state index in [9.17, 15) is 0 Å². The van der Waals surface area contributed by atoms with Crippen molar-refractivity contribution in [2.24, 2.45) is 5.73 Å². The monoisotopic (exact) mass is 233 g/mol. The van der Waals surface area contributed by atoms with Crippen LogP contribution in [0.1, 0.15) is 27.2 Å². The van der Waals surface area contributed by atoms with E-state index in [4.69, 9.17) is 9.85 Å². The second-order valence-corrected chi connectivity index (χ2v) is 14.0. The third-order valence-electron chi connectivity index (χ3n) is 3.29. The van der Waals surface area contributed by atoms with E-state index < -0.39 is 16.6 Å². The topological polar surface area (TPSA) is 35.2 Å². The summed E-state index contributed by atoms with van der Waals surface area (Å²) in [6.07, 6.45) is 1.05. The molecule has 86 valence electrons. The molecule has 0 aromatic carbocycles. The molecule has 0 radical (unpaired) electrons. The summed E-state index contributed by atoms with van der Waals surface area (Å²) in [7, 11) is -3.07. The minimum atomic E-state index is -1.64. The minimum absolute atomic E-state index is 0.297. The summed E-state index contributed by atoms with van der Waals surface area (Å²) < 4.78 is 6.43. The number of hydrogen-bond donors (Lipinski definition) is 1. The molecule has 2 unspecified atom stereocenters. The molecule has 0 fully saturated rings. The average Bonchev–Trinajstić information content (AvgIpc) is 2.15. The van der Waals surface area contributed by atoms with Crippen molar-refractivity contribution in [2.75, 3.05) is 0 Å². The van der Waals surface area contributed by atoms with Crippen LogP contribution in [0.3, 0.4) is 0 Å². The van der Waals surface area contributed by atoms with Crippen LogP contribution in [0.5, 0.6) is 0 Å². The van der Waals surface area contributed by atoms with E-state index in [1.807, 2.05) is 0 Å². The van der Waals surface area contributed by atoms with Gasteiger partial charge in [-0.15, -0.1) is 0 Å². The smallest absolute Gasteiger partial charge is 0.193 e. The molecule has 0 heterocycles. The van der Waals surface area contributed by atoms with Crippen molar-refractivity contribution in [1.29, 1.82) is 0 Å². The summed E-state index contributed by atoms with van der Waals surface area (Å²) in [4.78, 5) is 0. The predicted octanol–water partition coefficient (Wildman–Crippen LogP) is 3.10. The van der Waals surface area contributed by atoms with Crippen molar-refractivity contribution in [3.63, 3.8) is 0 Å². The second-order valence-electron chi connectivity index (χ2n) is 4.90. The van der Waals surface area contributed by atoms with E-state index in [-0.39, 0.29) is 0 Å². The molecular formula is C10H27NOSi2. The molecule has 2 N–H and O–H groups in total. The molecule has 0 spiro atoms. The Labute approximate surface area is 91.5 Å². The fourth-order valence-corrected chi connectivity index (χ4v) is 9.74. The van der Waals surface area contributed by atoms with Crippen LogP contribution in [0.25, 0.3) is 0 Å². The Morgan fingerprint density at radius 1 is 1.07 bits per heavy atom. The van der Waals surface area contributed by atoms with Crippen molar-refractivity contribution >= 4 is 16.6 Å². The fraction of sp³-hybridized carbons (Fsp3) is 1.00. The molecule has 14 heavy (non-hydrogen) atoms. The molecule has 0 bridgehead atoms. The van der Waals surface area contributed by atoms with Gasteiger partial charge in [-0.1, -0.05) is 20.8 Å². The van der Waals surface area contributed by atoms with Crippen LogP contribution in [0, 0.1) is 0 Å². The van der Waals surface area contributed by atoms with Gasteiger partial charge in [-0.2, -0.15) is 0 Å². The van der Waals surface area contributed by atoms with E-state index in [0.29, 0.717) is 5.67 Å². The maximum atomic E-state index is 6.43. The highest BCUT2D eigenvalue weighted by atomic mass is 28.4. The van der Waals surface area contributed by atoms with E-state index in [2.05, 4.69) is 40.4 Å². The molecule has 0 aromatic rings. The van der Waals surface area contributed by atoms with Gasteiger partial charge in [0.05, 0.1) is 0 Å². The number of hydrogen-bond acceptors (Lipinski definition) is 2. The van der Waals surface area contributed by atoms with Gasteiger partial charge in [-0.3, -0.25) is 0 Å². The Morgan fingerprint density at radius 2 is 1.57 bits per heavy atom. The van der Waals surface area contributed by atoms with Crippen molar-refractivity contribution < 1.29 is 4.12 Å². The largest absolute Gasteiger partial charge is 0.454 e. The van der Waals surface area contributed by atoms with Gasteiger partial charge in [0, 0.05) is 5.67 Å². The summed E-state index contributed by atoms with van der Waals surface area (Å²) in [6.45, 7) is 13.5. The van der Waals surface area contributed by atoms with Crippen LogP contribution in [0.4, 0.5) is 0 Å². The maximum Gasteiger partial charge on any atom is 0.193 e. The van der Waals surface area contributed by atoms with Crippen molar-refractivity contribution in [1.82, 2.24) is 0 Å². The second kappa shape index (κ2) is 5.44. The van der Waals surface area contributed by atoms with Gasteiger partial charge >= 0.3 is 0 Å². The molecule has 0 aliphatic heterocycles. The SMILES string of the molecule is CCC(N)[Si](C)(CC)O[Si](C)(C)CC. The first-order chi connectivity index (χ1) is 6.31. The van der Waals surface area contributed by atoms with Crippen LogP contribution in [-0.4, -0.2) is 22.3 Å². The zero-order valence-electron chi connectivity index (χ0n) is 10.7. The molecule has 0 saturated heterocycles. The van der Waals surface area contributed by atoms with E-state index in [1.54, 1.807) is 0 Å². The minimum Gasteiger partial charge on any atom is -0.454 e. The van der Waals surface area contributed by atoms with Crippen LogP contribution >= 0.6 is 0 Å². The molecule has 2 atom stereocenters. The lowest BCUT2D eigenvalue weighted by Crippen LogP contribution is -2.57. The normalized spacial score (nSPS) is 19.1. The molecule has 0 amide bonds. The fourth-order valence-electron chi connectivity index (χ4n) is 1.55. The van der Waals surface area contributed by atoms with Crippen molar-refractivity contribution in [3.05, 3.63) is 0 Å². The average molecular weight is 234 g/mol. The third kappa shape index (κ3) is 3.84. The highest BCUT2D eigenvalue weighted by Gasteiger charge is 2.38. The highest BCUT2D eigenvalue weighted by Crippen LogP contribution is 2.24. The molecule has 4 heteroatoms. The first-order valence-electron chi connectivity index (χ1n) is 5.77. The van der Waals surface area contributed by atoms with Gasteiger partial charge in [0.15, 0.2) is 16.6 Å². The lowest BCUT2D eigenvalue weighted by molar-refractivity contribution is 0.506. The van der Waals surface area contributed by atoms with Crippen molar-refractivity contribution in [3.8, 4) is 0 Å². The van der Waals surface area contributed by atoms with Gasteiger partial charge in [0.25, 0.3) is 0 Å². The zero-order valence-corrected chi connectivity index (χ0v) is 12.7. The van der Waals surface area contributed by atoms with Crippen molar-refractivity contribution in [2.45, 2.75) is 64.6 Å². The first-order valence-corrected chi connectivity index (χ1v) is 11.6. The van der Waals surface area contributed by atoms with Crippen LogP contribution in [-0.2, 0) is 4.12 Å². The zero-order chi connectivity index (χ0) is 11.4. The summed E-state index contributed by atoms with van der Waals surface area (Å²) in [5, 5.41) is 0. The predicted molar refractivity (Wildman–Crippen MR) is 69.4 cm³/mol. The molecule has 0 saturated carbocycles. The van der Waals surface area contributed by atoms with Crippen LogP contribution < -0.4 is 5.73 Å². The number of rotatable bonds is 6.